The highest BCUT2D eigenvalue weighted by molar-refractivity contribution is 6.80. The summed E-state index contributed by atoms with van der Waals surface area (Å²) in [6.45, 7) is 0. The van der Waals surface area contributed by atoms with Gasteiger partial charge in [0, 0.05) is 0 Å². The van der Waals surface area contributed by atoms with Crippen LogP contribution in [0, 0.1) is 0 Å². The summed E-state index contributed by atoms with van der Waals surface area (Å²) in [7, 11) is 0. The van der Waals surface area contributed by atoms with E-state index in [1.165, 1.54) is 24.3 Å². The van der Waals surface area contributed by atoms with Crippen molar-refractivity contribution < 1.29 is 5.11 Å². The lowest BCUT2D eigenvalue weighted by molar-refractivity contribution is 0.474. The van der Waals surface area contributed by atoms with E-state index >= 15 is 0 Å². The van der Waals surface area contributed by atoms with Gasteiger partial charge in [0.2, 0.25) is 8.13 Å². The van der Waals surface area contributed by atoms with Crippen molar-refractivity contribution in [3.8, 4) is 5.75 Å². The maximum atomic E-state index is 9.25. The molecule has 114 valence electrons. The summed E-state index contributed by atoms with van der Waals surface area (Å²) in [6.07, 6.45) is 0. The van der Waals surface area contributed by atoms with Crippen molar-refractivity contribution in [3.63, 3.8) is 0 Å². The molecule has 1 aromatic rings. The van der Waals surface area contributed by atoms with Crippen LogP contribution in [0.4, 0.5) is 0 Å². The predicted octanol–water partition coefficient (Wildman–Crippen LogP) is 6.74. The van der Waals surface area contributed by atoms with Crippen LogP contribution in [0.5, 0.6) is 5.75 Å². The Labute approximate surface area is 160 Å². The Morgan fingerprint density at radius 3 is 1.40 bits per heavy atom. The number of hydrogen-bond acceptors (Lipinski definition) is 1. The number of rotatable bonds is 3. The first-order valence-electron chi connectivity index (χ1n) is 4.75. The molecule has 0 radical (unpaired) electrons. The maximum Gasteiger partial charge on any atom is 0.226 e. The topological polar surface area (TPSA) is 20.2 Å². The summed E-state index contributed by atoms with van der Waals surface area (Å²) >= 11 is 53.5. The first-order valence-corrected chi connectivity index (χ1v) is 8.15. The molecule has 0 saturated heterocycles. The molecule has 0 heterocycles. The Bertz CT molecular complexity index is 474. The molecule has 1 rings (SSSR count). The van der Waals surface area contributed by atoms with Crippen LogP contribution in [-0.4, -0.2) is 17.6 Å². The van der Waals surface area contributed by atoms with Gasteiger partial charge in [-0.15, -0.1) is 0 Å². The second-order valence-electron chi connectivity index (χ2n) is 3.77. The number of phenols is 1. The van der Waals surface area contributed by atoms with E-state index in [4.69, 9.17) is 104 Å². The Morgan fingerprint density at radius 1 is 0.650 bits per heavy atom. The smallest absolute Gasteiger partial charge is 0.226 e. The van der Waals surface area contributed by atoms with Gasteiger partial charge in [0.15, 0.2) is 8.67 Å². The van der Waals surface area contributed by atoms with Gasteiger partial charge in [0.1, 0.15) is 5.75 Å². The van der Waals surface area contributed by atoms with E-state index in [1.54, 1.807) is 0 Å². The normalized spacial score (nSPS) is 14.4. The fourth-order valence-corrected chi connectivity index (χ4v) is 3.46. The average molecular weight is 460 g/mol. The minimum absolute atomic E-state index is 0.0167. The molecule has 0 saturated carbocycles. The van der Waals surface area contributed by atoms with Gasteiger partial charge in [-0.25, -0.2) is 0 Å². The Balaban J connectivity index is 3.35. The standard InChI is InChI=1S/C10H5Cl9O/c11-7(12,5-1-3-6(20)4-2-5)8(13,14)9(15,16)10(17,18)19/h1-4,20H. The SMILES string of the molecule is Oc1ccc(C(Cl)(Cl)C(Cl)(Cl)C(Cl)(Cl)C(Cl)(Cl)Cl)cc1. The maximum absolute atomic E-state index is 9.25. The lowest BCUT2D eigenvalue weighted by atomic mass is 10.1. The fourth-order valence-electron chi connectivity index (χ4n) is 1.23. The summed E-state index contributed by atoms with van der Waals surface area (Å²) in [5.41, 5.74) is 0.198. The number of phenolic OH excluding ortho intramolecular Hbond substituents is 1. The van der Waals surface area contributed by atoms with Gasteiger partial charge in [-0.1, -0.05) is 117 Å². The van der Waals surface area contributed by atoms with Crippen LogP contribution in [0.15, 0.2) is 24.3 Å². The quantitative estimate of drug-likeness (QED) is 0.496. The summed E-state index contributed by atoms with van der Waals surface area (Å²) in [4.78, 5) is 0. The van der Waals surface area contributed by atoms with Crippen molar-refractivity contribution in [3.05, 3.63) is 29.8 Å². The summed E-state index contributed by atoms with van der Waals surface area (Å²) < 4.78 is -8.94. The van der Waals surface area contributed by atoms with Crippen molar-refractivity contribution in [2.45, 2.75) is 16.8 Å². The van der Waals surface area contributed by atoms with Crippen molar-refractivity contribution in [2.24, 2.45) is 0 Å². The van der Waals surface area contributed by atoms with E-state index in [9.17, 15) is 5.11 Å². The second-order valence-corrected chi connectivity index (χ2v) is 10.0. The van der Waals surface area contributed by atoms with Gasteiger partial charge in [0.25, 0.3) is 0 Å². The zero-order valence-electron chi connectivity index (χ0n) is 9.16. The van der Waals surface area contributed by atoms with Gasteiger partial charge in [-0.2, -0.15) is 0 Å². The van der Waals surface area contributed by atoms with Crippen LogP contribution in [0.1, 0.15) is 5.56 Å². The van der Waals surface area contributed by atoms with Gasteiger partial charge in [-0.3, -0.25) is 0 Å². The molecule has 0 aliphatic heterocycles. The summed E-state index contributed by atoms with van der Waals surface area (Å²) in [6, 6.07) is 5.38. The predicted molar refractivity (Wildman–Crippen MR) is 90.7 cm³/mol. The van der Waals surface area contributed by atoms with E-state index in [1.807, 2.05) is 0 Å². The highest BCUT2D eigenvalue weighted by Gasteiger charge is 2.68. The third kappa shape index (κ3) is 3.42. The van der Waals surface area contributed by atoms with Crippen molar-refractivity contribution in [1.29, 1.82) is 0 Å². The first kappa shape index (κ1) is 19.7. The number of halogens is 9. The molecule has 0 fully saturated rings. The zero-order valence-corrected chi connectivity index (χ0v) is 16.0. The zero-order chi connectivity index (χ0) is 16.0. The van der Waals surface area contributed by atoms with Crippen molar-refractivity contribution in [2.75, 3.05) is 0 Å². The average Bonchev–Trinajstić information content (AvgIpc) is 2.27. The molecule has 0 aromatic heterocycles. The Hall–Kier alpha value is 1.63. The highest BCUT2D eigenvalue weighted by atomic mass is 35.6. The number of alkyl halides is 9. The van der Waals surface area contributed by atoms with Crippen LogP contribution in [0.3, 0.4) is 0 Å². The van der Waals surface area contributed by atoms with Crippen molar-refractivity contribution in [1.82, 2.24) is 0 Å². The fraction of sp³-hybridized carbons (Fsp3) is 0.400. The third-order valence-electron chi connectivity index (χ3n) is 2.37. The van der Waals surface area contributed by atoms with Crippen LogP contribution in [-0.2, 0) is 4.33 Å². The minimum atomic E-state index is -2.34. The van der Waals surface area contributed by atoms with Crippen LogP contribution < -0.4 is 0 Å². The Kier molecular flexibility index (Phi) is 6.16. The second kappa shape index (κ2) is 6.26. The number of benzene rings is 1. The largest absolute Gasteiger partial charge is 0.508 e. The molecule has 0 aliphatic carbocycles. The Morgan fingerprint density at radius 2 is 1.05 bits per heavy atom. The van der Waals surface area contributed by atoms with Crippen LogP contribution in [0.2, 0.25) is 0 Å². The molecule has 1 aromatic carbocycles. The molecule has 0 aliphatic rings. The van der Waals surface area contributed by atoms with Crippen molar-refractivity contribution >= 4 is 104 Å². The van der Waals surface area contributed by atoms with E-state index in [-0.39, 0.29) is 11.3 Å². The van der Waals surface area contributed by atoms with Crippen LogP contribution in [0.25, 0.3) is 0 Å². The molecule has 20 heavy (non-hydrogen) atoms. The van der Waals surface area contributed by atoms with Gasteiger partial charge in [0.05, 0.1) is 0 Å². The molecule has 1 nitrogen and oxygen atoms in total. The van der Waals surface area contributed by atoms with Gasteiger partial charge < -0.3 is 5.11 Å². The summed E-state index contributed by atoms with van der Waals surface area (Å²) in [5, 5.41) is 9.25. The third-order valence-corrected chi connectivity index (χ3v) is 7.85. The lowest BCUT2D eigenvalue weighted by Crippen LogP contribution is -2.54. The first-order chi connectivity index (χ1) is 8.75. The molecule has 0 spiro atoms. The highest BCUT2D eigenvalue weighted by Crippen LogP contribution is 2.65. The van der Waals surface area contributed by atoms with Gasteiger partial charge in [-0.05, 0) is 17.7 Å². The monoisotopic (exact) mass is 456 g/mol. The lowest BCUT2D eigenvalue weighted by Gasteiger charge is -2.44. The van der Waals surface area contributed by atoms with Gasteiger partial charge >= 0.3 is 0 Å². The van der Waals surface area contributed by atoms with E-state index in [0.717, 1.165) is 0 Å². The van der Waals surface area contributed by atoms with E-state index in [0.29, 0.717) is 0 Å². The molecule has 10 heteroatoms. The molecule has 0 atom stereocenters. The summed E-state index contributed by atoms with van der Waals surface area (Å²) in [5.74, 6) is -0.0167. The van der Waals surface area contributed by atoms with E-state index in [2.05, 4.69) is 0 Å². The molecule has 1 N–H and O–H groups in total. The number of hydrogen-bond donors (Lipinski definition) is 1. The molecule has 0 unspecified atom stereocenters. The molecule has 0 bridgehead atoms. The molecular formula is C10H5Cl9O. The van der Waals surface area contributed by atoms with E-state index < -0.39 is 16.8 Å². The number of aromatic hydroxyl groups is 1. The molecule has 0 amide bonds. The molecular weight excluding hydrogens is 455 g/mol. The van der Waals surface area contributed by atoms with Crippen LogP contribution >= 0.6 is 104 Å². The minimum Gasteiger partial charge on any atom is -0.508 e.